The van der Waals surface area contributed by atoms with Gasteiger partial charge in [-0.3, -0.25) is 0 Å². The molecule has 104 valence electrons. The zero-order valence-electron chi connectivity index (χ0n) is 11.1. The van der Waals surface area contributed by atoms with Gasteiger partial charge in [0.05, 0.1) is 12.2 Å². The van der Waals surface area contributed by atoms with Crippen LogP contribution in [0.1, 0.15) is 11.1 Å². The van der Waals surface area contributed by atoms with Gasteiger partial charge >= 0.3 is 0 Å². The van der Waals surface area contributed by atoms with Crippen LogP contribution in [0.15, 0.2) is 40.9 Å². The van der Waals surface area contributed by atoms with Gasteiger partial charge in [0.25, 0.3) is 0 Å². The highest BCUT2D eigenvalue weighted by Gasteiger charge is 2.22. The predicted molar refractivity (Wildman–Crippen MR) is 81.9 cm³/mol. The molecule has 0 radical (unpaired) electrons. The Labute approximate surface area is 126 Å². The van der Waals surface area contributed by atoms with E-state index in [1.54, 1.807) is 12.1 Å². The van der Waals surface area contributed by atoms with E-state index in [1.165, 1.54) is 17.2 Å². The van der Waals surface area contributed by atoms with Crippen LogP contribution in [0.2, 0.25) is 0 Å². The van der Waals surface area contributed by atoms with Gasteiger partial charge in [0, 0.05) is 10.9 Å². The maximum Gasteiger partial charge on any atom is 0.146 e. The van der Waals surface area contributed by atoms with Crippen LogP contribution in [0.5, 0.6) is 5.75 Å². The molecule has 3 rings (SSSR count). The molecule has 2 nitrogen and oxygen atoms in total. The first-order chi connectivity index (χ1) is 9.61. The molecule has 0 aliphatic carbocycles. The summed E-state index contributed by atoms with van der Waals surface area (Å²) >= 11 is 3.34. The average Bonchev–Trinajstić information content (AvgIpc) is 2.81. The van der Waals surface area contributed by atoms with Crippen LogP contribution in [0.25, 0.3) is 0 Å². The van der Waals surface area contributed by atoms with E-state index in [-0.39, 0.29) is 11.9 Å². The molecule has 1 N–H and O–H groups in total. The Morgan fingerprint density at radius 2 is 2.15 bits per heavy atom. The second-order valence-electron chi connectivity index (χ2n) is 5.06. The Morgan fingerprint density at radius 1 is 1.30 bits per heavy atom. The molecule has 0 amide bonds. The summed E-state index contributed by atoms with van der Waals surface area (Å²) < 4.78 is 20.3. The lowest BCUT2D eigenvalue weighted by Crippen LogP contribution is -2.24. The van der Waals surface area contributed by atoms with Gasteiger partial charge in [-0.2, -0.15) is 0 Å². The summed E-state index contributed by atoms with van der Waals surface area (Å²) in [5.74, 6) is 0.691. The molecular weight excluding hydrogens is 321 g/mol. The minimum Gasteiger partial charge on any atom is -0.488 e. The molecule has 4 heteroatoms. The van der Waals surface area contributed by atoms with E-state index in [4.69, 9.17) is 4.74 Å². The fraction of sp³-hybridized carbons (Fsp3) is 0.250. The van der Waals surface area contributed by atoms with Gasteiger partial charge in [0.2, 0.25) is 0 Å². The maximum atomic E-state index is 13.6. The zero-order valence-corrected chi connectivity index (χ0v) is 12.7. The summed E-state index contributed by atoms with van der Waals surface area (Å²) in [6, 6.07) is 11.1. The minimum absolute atomic E-state index is 0.0465. The van der Waals surface area contributed by atoms with Gasteiger partial charge in [-0.05, 0) is 36.8 Å². The Morgan fingerprint density at radius 3 is 3.00 bits per heavy atom. The highest BCUT2D eigenvalue weighted by molar-refractivity contribution is 9.10. The molecule has 0 fully saturated rings. The predicted octanol–water partition coefficient (Wildman–Crippen LogP) is 4.31. The topological polar surface area (TPSA) is 21.3 Å². The number of aryl methyl sites for hydroxylation is 1. The molecule has 0 saturated carbocycles. The van der Waals surface area contributed by atoms with Crippen molar-refractivity contribution in [2.75, 3.05) is 11.9 Å². The maximum absolute atomic E-state index is 13.6. The van der Waals surface area contributed by atoms with Crippen molar-refractivity contribution in [3.63, 3.8) is 0 Å². The first kappa shape index (κ1) is 13.4. The van der Waals surface area contributed by atoms with Gasteiger partial charge in [0.1, 0.15) is 17.7 Å². The second kappa shape index (κ2) is 5.44. The number of nitrogens with one attached hydrogen (secondary N) is 1. The third-order valence-corrected chi connectivity index (χ3v) is 3.90. The molecule has 1 aliphatic heterocycles. The highest BCUT2D eigenvalue weighted by Crippen LogP contribution is 2.30. The smallest absolute Gasteiger partial charge is 0.146 e. The van der Waals surface area contributed by atoms with Crippen LogP contribution in [0.4, 0.5) is 10.1 Å². The largest absolute Gasteiger partial charge is 0.488 e. The van der Waals surface area contributed by atoms with E-state index < -0.39 is 0 Å². The minimum atomic E-state index is -0.250. The number of fused-ring (bicyclic) bond motifs is 1. The van der Waals surface area contributed by atoms with Gasteiger partial charge in [-0.25, -0.2) is 4.39 Å². The summed E-state index contributed by atoms with van der Waals surface area (Å²) in [7, 11) is 0. The van der Waals surface area contributed by atoms with Crippen LogP contribution in [-0.2, 0) is 6.42 Å². The summed E-state index contributed by atoms with van der Waals surface area (Å²) in [5, 5.41) is 3.12. The molecule has 1 heterocycles. The number of rotatable bonds is 3. The Balaban J connectivity index is 1.65. The Bertz CT molecular complexity index is 644. The average molecular weight is 336 g/mol. The normalized spacial score (nSPS) is 16.6. The second-order valence-corrected chi connectivity index (χ2v) is 5.98. The monoisotopic (exact) mass is 335 g/mol. The molecule has 0 saturated heterocycles. The fourth-order valence-corrected chi connectivity index (χ4v) is 2.78. The SMILES string of the molecule is Cc1ccc2c(c1)CC(CNc1cc(Br)ccc1F)O2. The van der Waals surface area contributed by atoms with Gasteiger partial charge in [-0.1, -0.05) is 33.6 Å². The van der Waals surface area contributed by atoms with E-state index in [0.717, 1.165) is 16.6 Å². The number of hydrogen-bond donors (Lipinski definition) is 1. The highest BCUT2D eigenvalue weighted by atomic mass is 79.9. The molecule has 0 spiro atoms. The zero-order chi connectivity index (χ0) is 14.1. The van der Waals surface area contributed by atoms with E-state index in [0.29, 0.717) is 12.2 Å². The molecular formula is C16H15BrFNO. The van der Waals surface area contributed by atoms with Crippen LogP contribution >= 0.6 is 15.9 Å². The fourth-order valence-electron chi connectivity index (χ4n) is 2.42. The lowest BCUT2D eigenvalue weighted by atomic mass is 10.1. The van der Waals surface area contributed by atoms with Crippen molar-refractivity contribution in [3.8, 4) is 5.75 Å². The molecule has 1 atom stereocenters. The Kier molecular flexibility index (Phi) is 3.66. The summed E-state index contributed by atoms with van der Waals surface area (Å²) in [4.78, 5) is 0. The van der Waals surface area contributed by atoms with E-state index in [1.807, 2.05) is 12.1 Å². The number of hydrogen-bond acceptors (Lipinski definition) is 2. The van der Waals surface area contributed by atoms with Crippen molar-refractivity contribution in [2.45, 2.75) is 19.4 Å². The van der Waals surface area contributed by atoms with Crippen LogP contribution in [0, 0.1) is 12.7 Å². The standard InChI is InChI=1S/C16H15BrFNO/c1-10-2-5-16-11(6-10)7-13(20-16)9-19-15-8-12(17)3-4-14(15)18/h2-6,8,13,19H,7,9H2,1H3. The van der Waals surface area contributed by atoms with Crippen molar-refractivity contribution in [2.24, 2.45) is 0 Å². The molecule has 1 unspecified atom stereocenters. The van der Waals surface area contributed by atoms with E-state index in [2.05, 4.69) is 34.2 Å². The van der Waals surface area contributed by atoms with Gasteiger partial charge in [-0.15, -0.1) is 0 Å². The molecule has 0 aromatic heterocycles. The third kappa shape index (κ3) is 2.80. The van der Waals surface area contributed by atoms with Crippen LogP contribution in [-0.4, -0.2) is 12.6 Å². The molecule has 0 bridgehead atoms. The quantitative estimate of drug-likeness (QED) is 0.902. The molecule has 2 aromatic rings. The number of ether oxygens (including phenoxy) is 1. The lowest BCUT2D eigenvalue weighted by molar-refractivity contribution is 0.246. The van der Waals surface area contributed by atoms with E-state index in [9.17, 15) is 4.39 Å². The lowest BCUT2D eigenvalue weighted by Gasteiger charge is -2.13. The van der Waals surface area contributed by atoms with Crippen molar-refractivity contribution < 1.29 is 9.13 Å². The van der Waals surface area contributed by atoms with Gasteiger partial charge < -0.3 is 10.1 Å². The van der Waals surface area contributed by atoms with Crippen molar-refractivity contribution >= 4 is 21.6 Å². The van der Waals surface area contributed by atoms with Crippen LogP contribution in [0.3, 0.4) is 0 Å². The van der Waals surface area contributed by atoms with Crippen molar-refractivity contribution in [1.82, 2.24) is 0 Å². The summed E-state index contributed by atoms with van der Waals surface area (Å²) in [6.45, 7) is 2.66. The Hall–Kier alpha value is -1.55. The van der Waals surface area contributed by atoms with Crippen molar-refractivity contribution in [3.05, 3.63) is 57.8 Å². The number of halogens is 2. The summed E-state index contributed by atoms with van der Waals surface area (Å²) in [5.41, 5.74) is 2.96. The first-order valence-electron chi connectivity index (χ1n) is 6.57. The van der Waals surface area contributed by atoms with Crippen LogP contribution < -0.4 is 10.1 Å². The first-order valence-corrected chi connectivity index (χ1v) is 7.36. The summed E-state index contributed by atoms with van der Waals surface area (Å²) in [6.07, 6.45) is 0.907. The molecule has 2 aromatic carbocycles. The number of anilines is 1. The molecule has 20 heavy (non-hydrogen) atoms. The van der Waals surface area contributed by atoms with Crippen molar-refractivity contribution in [1.29, 1.82) is 0 Å². The van der Waals surface area contributed by atoms with E-state index >= 15 is 0 Å². The third-order valence-electron chi connectivity index (χ3n) is 3.41. The number of benzene rings is 2. The molecule has 1 aliphatic rings. The van der Waals surface area contributed by atoms with Gasteiger partial charge in [0.15, 0.2) is 0 Å².